The van der Waals surface area contributed by atoms with Crippen LogP contribution in [0, 0.1) is 47.2 Å². The highest BCUT2D eigenvalue weighted by Gasteiger charge is 2.46. The van der Waals surface area contributed by atoms with Crippen molar-refractivity contribution in [1.29, 1.82) is 10.5 Å². The van der Waals surface area contributed by atoms with Crippen molar-refractivity contribution in [2.45, 2.75) is 12.8 Å². The molecule has 3 aromatic rings. The number of benzene rings is 3. The van der Waals surface area contributed by atoms with Crippen LogP contribution in [-0.2, 0) is 4.79 Å². The Bertz CT molecular complexity index is 1470. The van der Waals surface area contributed by atoms with Crippen LogP contribution in [0.2, 0.25) is 0 Å². The summed E-state index contributed by atoms with van der Waals surface area (Å²) in [5, 5.41) is 19.4. The lowest BCUT2D eigenvalue weighted by molar-refractivity contribution is -0.130. The van der Waals surface area contributed by atoms with E-state index in [2.05, 4.69) is 12.1 Å². The molecule has 0 radical (unpaired) electrons. The minimum Gasteiger partial charge on any atom is -0.348 e. The first-order valence-electron chi connectivity index (χ1n) is 12.9. The van der Waals surface area contributed by atoms with Crippen molar-refractivity contribution in [2.75, 3.05) is 33.7 Å². The summed E-state index contributed by atoms with van der Waals surface area (Å²) in [7, 11) is 3.26. The largest absolute Gasteiger partial charge is 0.348 e. The number of nitriles is 2. The molecular formula is C32H29FN4O3. The maximum Gasteiger partial charge on any atom is 0.236 e. The number of carbonyl (C=O) groups excluding carboxylic acids is 3. The van der Waals surface area contributed by atoms with Gasteiger partial charge in [-0.05, 0) is 36.2 Å². The van der Waals surface area contributed by atoms with E-state index in [0.717, 1.165) is 0 Å². The molecule has 4 rings (SSSR count). The Kier molecular flexibility index (Phi) is 8.52. The smallest absolute Gasteiger partial charge is 0.236 e. The number of rotatable bonds is 7. The summed E-state index contributed by atoms with van der Waals surface area (Å²) in [5.74, 6) is -3.90. The SMILES string of the molecule is Cc1c(F)cccc1C1C(C(=O)c2ccccc2C#N)CN(CC(=O)N(C)C)CC1C(=O)c1ccccc1C#N. The second-order valence-electron chi connectivity index (χ2n) is 10.2. The molecule has 1 fully saturated rings. The van der Waals surface area contributed by atoms with E-state index >= 15 is 0 Å². The van der Waals surface area contributed by atoms with Gasteiger partial charge in [-0.15, -0.1) is 0 Å². The van der Waals surface area contributed by atoms with Gasteiger partial charge in [0.15, 0.2) is 11.6 Å². The number of amides is 1. The van der Waals surface area contributed by atoms with Gasteiger partial charge >= 0.3 is 0 Å². The summed E-state index contributed by atoms with van der Waals surface area (Å²) < 4.78 is 14.9. The first-order chi connectivity index (χ1) is 19.2. The highest BCUT2D eigenvalue weighted by atomic mass is 19.1. The van der Waals surface area contributed by atoms with Crippen LogP contribution in [0.15, 0.2) is 66.7 Å². The Morgan fingerprint density at radius 3 is 1.82 bits per heavy atom. The normalized spacial score (nSPS) is 18.8. The molecule has 2 unspecified atom stereocenters. The fraction of sp³-hybridized carbons (Fsp3) is 0.281. The highest BCUT2D eigenvalue weighted by Crippen LogP contribution is 2.43. The van der Waals surface area contributed by atoms with Crippen LogP contribution in [-0.4, -0.2) is 61.0 Å². The van der Waals surface area contributed by atoms with Crippen LogP contribution in [0.5, 0.6) is 0 Å². The van der Waals surface area contributed by atoms with Crippen LogP contribution in [0.4, 0.5) is 4.39 Å². The van der Waals surface area contributed by atoms with Gasteiger partial charge in [0.2, 0.25) is 5.91 Å². The molecule has 1 aliphatic rings. The van der Waals surface area contributed by atoms with E-state index in [1.807, 2.05) is 0 Å². The van der Waals surface area contributed by atoms with Crippen LogP contribution >= 0.6 is 0 Å². The molecule has 0 aliphatic carbocycles. The van der Waals surface area contributed by atoms with Crippen LogP contribution in [0.3, 0.4) is 0 Å². The lowest BCUT2D eigenvalue weighted by atomic mass is 9.67. The molecule has 7 nitrogen and oxygen atoms in total. The van der Waals surface area contributed by atoms with Gasteiger partial charge in [0, 0.05) is 56.1 Å². The van der Waals surface area contributed by atoms with Crippen LogP contribution < -0.4 is 0 Å². The molecule has 0 spiro atoms. The van der Waals surface area contributed by atoms with Crippen LogP contribution in [0.25, 0.3) is 0 Å². The molecule has 1 heterocycles. The van der Waals surface area contributed by atoms with Gasteiger partial charge in [-0.1, -0.05) is 48.5 Å². The minimum absolute atomic E-state index is 0.0325. The van der Waals surface area contributed by atoms with E-state index in [1.54, 1.807) is 86.6 Å². The van der Waals surface area contributed by atoms with Crippen molar-refractivity contribution in [3.63, 3.8) is 0 Å². The second kappa shape index (κ2) is 12.0. The third-order valence-electron chi connectivity index (χ3n) is 7.60. The fourth-order valence-corrected chi connectivity index (χ4v) is 5.50. The zero-order valence-electron chi connectivity index (χ0n) is 22.6. The zero-order chi connectivity index (χ0) is 29.0. The Morgan fingerprint density at radius 1 is 0.850 bits per heavy atom. The van der Waals surface area contributed by atoms with Gasteiger partial charge in [-0.25, -0.2) is 4.39 Å². The third-order valence-corrected chi connectivity index (χ3v) is 7.60. The Hall–Kier alpha value is -4.66. The number of hydrogen-bond donors (Lipinski definition) is 0. The average Bonchev–Trinajstić information content (AvgIpc) is 2.97. The van der Waals surface area contributed by atoms with Crippen molar-refractivity contribution < 1.29 is 18.8 Å². The summed E-state index contributed by atoms with van der Waals surface area (Å²) in [6.07, 6.45) is 0. The number of ketones is 2. The summed E-state index contributed by atoms with van der Waals surface area (Å²) in [6.45, 7) is 1.84. The molecular weight excluding hydrogens is 507 g/mol. The molecule has 1 saturated heterocycles. The topological polar surface area (TPSA) is 105 Å². The number of likely N-dealkylation sites (tertiary alicyclic amines) is 1. The molecule has 40 heavy (non-hydrogen) atoms. The molecule has 0 saturated carbocycles. The lowest BCUT2D eigenvalue weighted by Crippen LogP contribution is -2.52. The van der Waals surface area contributed by atoms with E-state index in [1.165, 1.54) is 11.0 Å². The summed E-state index contributed by atoms with van der Waals surface area (Å²) >= 11 is 0. The van der Waals surface area contributed by atoms with Crippen molar-refractivity contribution in [3.05, 3.63) is 106 Å². The van der Waals surface area contributed by atoms with Crippen molar-refractivity contribution >= 4 is 17.5 Å². The molecule has 0 N–H and O–H groups in total. The number of likely N-dealkylation sites (N-methyl/N-ethyl adjacent to an activating group) is 1. The summed E-state index contributed by atoms with van der Waals surface area (Å²) in [6, 6.07) is 21.6. The Balaban J connectivity index is 1.92. The number of nitrogens with zero attached hydrogens (tertiary/aromatic N) is 4. The number of halogens is 1. The van der Waals surface area contributed by atoms with E-state index < -0.39 is 23.6 Å². The molecule has 1 aliphatic heterocycles. The number of piperidine rings is 1. The van der Waals surface area contributed by atoms with Crippen LogP contribution in [0.1, 0.15) is 48.9 Å². The van der Waals surface area contributed by atoms with Crippen molar-refractivity contribution in [1.82, 2.24) is 9.80 Å². The molecule has 3 aromatic carbocycles. The average molecular weight is 537 g/mol. The zero-order valence-corrected chi connectivity index (χ0v) is 22.6. The number of Topliss-reactive ketones (excluding diaryl/α,β-unsaturated/α-hetero) is 2. The molecule has 0 aromatic heterocycles. The molecule has 2 atom stereocenters. The van der Waals surface area contributed by atoms with Crippen molar-refractivity contribution in [2.24, 2.45) is 11.8 Å². The van der Waals surface area contributed by atoms with E-state index in [9.17, 15) is 29.3 Å². The van der Waals surface area contributed by atoms with Gasteiger partial charge in [-0.2, -0.15) is 10.5 Å². The first-order valence-corrected chi connectivity index (χ1v) is 12.9. The predicted octanol–water partition coefficient (Wildman–Crippen LogP) is 4.36. The molecule has 0 bridgehead atoms. The van der Waals surface area contributed by atoms with Gasteiger partial charge in [0.1, 0.15) is 5.82 Å². The van der Waals surface area contributed by atoms with Gasteiger partial charge in [0.05, 0.1) is 29.8 Å². The second-order valence-corrected chi connectivity index (χ2v) is 10.2. The lowest BCUT2D eigenvalue weighted by Gasteiger charge is -2.43. The summed E-state index contributed by atoms with van der Waals surface area (Å²) in [5.41, 5.74) is 1.64. The molecule has 1 amide bonds. The monoisotopic (exact) mass is 536 g/mol. The fourth-order valence-electron chi connectivity index (χ4n) is 5.50. The predicted molar refractivity (Wildman–Crippen MR) is 147 cm³/mol. The first kappa shape index (κ1) is 28.4. The maximum atomic E-state index is 14.9. The minimum atomic E-state index is -0.873. The maximum absolute atomic E-state index is 14.9. The van der Waals surface area contributed by atoms with E-state index in [-0.39, 0.29) is 59.4 Å². The van der Waals surface area contributed by atoms with Crippen molar-refractivity contribution in [3.8, 4) is 12.1 Å². The van der Waals surface area contributed by atoms with Gasteiger partial charge in [0.25, 0.3) is 0 Å². The molecule has 202 valence electrons. The molecule has 8 heteroatoms. The number of carbonyl (C=O) groups is 3. The standard InChI is InChI=1S/C32H29FN4O3/c1-20-23(13-8-14-28(20)33)30-26(31(39)24-11-6-4-9-21(24)15-34)17-37(19-29(38)36(2)3)18-27(30)32(40)25-12-7-5-10-22(25)16-35/h4-14,26-27,30H,17-19H2,1-3H3. The third kappa shape index (κ3) is 5.54. The summed E-state index contributed by atoms with van der Waals surface area (Å²) in [4.78, 5) is 44.4. The van der Waals surface area contributed by atoms with E-state index in [4.69, 9.17) is 0 Å². The quantitative estimate of drug-likeness (QED) is 0.416. The number of hydrogen-bond acceptors (Lipinski definition) is 6. The highest BCUT2D eigenvalue weighted by molar-refractivity contribution is 6.04. The van der Waals surface area contributed by atoms with Gasteiger partial charge < -0.3 is 4.90 Å². The Morgan fingerprint density at radius 2 is 1.35 bits per heavy atom. The Labute approximate surface area is 233 Å². The van der Waals surface area contributed by atoms with Gasteiger partial charge in [-0.3, -0.25) is 19.3 Å². The van der Waals surface area contributed by atoms with E-state index in [0.29, 0.717) is 11.1 Å².